The van der Waals surface area contributed by atoms with Crippen molar-refractivity contribution in [2.24, 2.45) is 11.8 Å². The molecule has 0 spiro atoms. The van der Waals surface area contributed by atoms with Crippen LogP contribution in [0.2, 0.25) is 0 Å². The summed E-state index contributed by atoms with van der Waals surface area (Å²) >= 11 is 0. The number of nitrogens with zero attached hydrogens (tertiary/aromatic N) is 2. The summed E-state index contributed by atoms with van der Waals surface area (Å²) in [4.78, 5) is 43.4. The van der Waals surface area contributed by atoms with E-state index >= 15 is 0 Å². The molecule has 35 heavy (non-hydrogen) atoms. The van der Waals surface area contributed by atoms with Crippen molar-refractivity contribution in [1.82, 2.24) is 15.5 Å². The summed E-state index contributed by atoms with van der Waals surface area (Å²) in [5.41, 5.74) is 2.23. The molecule has 0 bridgehead atoms. The van der Waals surface area contributed by atoms with Gasteiger partial charge in [0, 0.05) is 43.3 Å². The van der Waals surface area contributed by atoms with Gasteiger partial charge in [0.05, 0.1) is 5.92 Å². The molecule has 0 radical (unpaired) electrons. The fourth-order valence-corrected chi connectivity index (χ4v) is 6.56. The second kappa shape index (κ2) is 11.0. The predicted molar refractivity (Wildman–Crippen MR) is 136 cm³/mol. The van der Waals surface area contributed by atoms with Gasteiger partial charge in [0.15, 0.2) is 0 Å². The van der Waals surface area contributed by atoms with Crippen LogP contribution in [-0.4, -0.2) is 54.5 Å². The van der Waals surface area contributed by atoms with Crippen LogP contribution in [-0.2, 0) is 16.0 Å². The number of urea groups is 1. The number of carbonyl (C=O) groups excluding carboxylic acids is 3. The first-order chi connectivity index (χ1) is 17.1. The van der Waals surface area contributed by atoms with E-state index in [1.165, 1.54) is 24.8 Å². The molecule has 3 fully saturated rings. The van der Waals surface area contributed by atoms with Crippen molar-refractivity contribution >= 4 is 23.5 Å². The molecule has 2 unspecified atom stereocenters. The number of piperidine rings is 1. The molecular weight excluding hydrogens is 440 g/mol. The molecule has 1 aromatic carbocycles. The average Bonchev–Trinajstić information content (AvgIpc) is 3.33. The van der Waals surface area contributed by atoms with Gasteiger partial charge in [0.1, 0.15) is 0 Å². The van der Waals surface area contributed by atoms with Crippen LogP contribution in [0.15, 0.2) is 24.3 Å². The molecule has 2 saturated carbocycles. The van der Waals surface area contributed by atoms with Gasteiger partial charge in [0.2, 0.25) is 11.8 Å². The van der Waals surface area contributed by atoms with Crippen molar-refractivity contribution in [1.29, 1.82) is 0 Å². The first-order valence-electron chi connectivity index (χ1n) is 13.9. The van der Waals surface area contributed by atoms with E-state index < -0.39 is 0 Å². The third-order valence-corrected chi connectivity index (χ3v) is 8.63. The highest BCUT2D eigenvalue weighted by Gasteiger charge is 2.40. The molecule has 2 heterocycles. The van der Waals surface area contributed by atoms with Crippen LogP contribution in [0.5, 0.6) is 0 Å². The number of likely N-dealkylation sites (tertiary alicyclic amines) is 1. The third-order valence-electron chi connectivity index (χ3n) is 8.63. The zero-order valence-corrected chi connectivity index (χ0v) is 20.8. The lowest BCUT2D eigenvalue weighted by Crippen LogP contribution is -2.53. The van der Waals surface area contributed by atoms with E-state index in [0.717, 1.165) is 63.5 Å². The number of fused-ring (bicyclic) bond motifs is 1. The van der Waals surface area contributed by atoms with Gasteiger partial charge in [-0.2, -0.15) is 0 Å². The van der Waals surface area contributed by atoms with Crippen LogP contribution in [0.25, 0.3) is 0 Å². The molecule has 2 aliphatic carbocycles. The van der Waals surface area contributed by atoms with Crippen LogP contribution in [0.3, 0.4) is 0 Å². The predicted octanol–water partition coefficient (Wildman–Crippen LogP) is 4.01. The molecule has 1 saturated heterocycles. The quantitative estimate of drug-likeness (QED) is 0.683. The minimum absolute atomic E-state index is 0.0284. The number of anilines is 1. The van der Waals surface area contributed by atoms with E-state index in [-0.39, 0.29) is 35.7 Å². The smallest absolute Gasteiger partial charge is 0.317 e. The van der Waals surface area contributed by atoms with Crippen LogP contribution >= 0.6 is 0 Å². The number of nitrogens with one attached hydrogen (secondary N) is 2. The summed E-state index contributed by atoms with van der Waals surface area (Å²) in [7, 11) is 0. The normalized spacial score (nSPS) is 25.7. The topological polar surface area (TPSA) is 81.8 Å². The first kappa shape index (κ1) is 24.1. The standard InChI is InChI=1S/C28H40N4O3/c33-26(29-22-15-17-31(18-16-22)28(35)30-21-9-2-1-3-10-21)23-11-5-6-12-24(23)27(34)32-19-14-20-8-4-7-13-25(20)32/h4,7-8,13,21-24H,1-3,5-6,9-12,14-19H2,(H,29,33)(H,30,35). The second-order valence-corrected chi connectivity index (χ2v) is 10.9. The van der Waals surface area contributed by atoms with E-state index in [1.807, 2.05) is 28.0 Å². The van der Waals surface area contributed by atoms with Gasteiger partial charge in [-0.25, -0.2) is 4.79 Å². The Labute approximate surface area is 209 Å². The third kappa shape index (κ3) is 5.49. The minimum Gasteiger partial charge on any atom is -0.353 e. The Morgan fingerprint density at radius 1 is 0.714 bits per heavy atom. The average molecular weight is 481 g/mol. The number of hydrogen-bond acceptors (Lipinski definition) is 3. The van der Waals surface area contributed by atoms with Gasteiger partial charge in [-0.15, -0.1) is 0 Å². The maximum Gasteiger partial charge on any atom is 0.317 e. The number of hydrogen-bond donors (Lipinski definition) is 2. The second-order valence-electron chi connectivity index (χ2n) is 10.9. The first-order valence-corrected chi connectivity index (χ1v) is 13.9. The summed E-state index contributed by atoms with van der Waals surface area (Å²) in [6.07, 6.45) is 11.9. The van der Waals surface area contributed by atoms with Gasteiger partial charge in [-0.05, 0) is 56.6 Å². The SMILES string of the molecule is O=C(NC1CCN(C(=O)NC2CCCCC2)CC1)C1CCCCC1C(=O)N1CCc2ccccc21. The Morgan fingerprint density at radius 2 is 1.37 bits per heavy atom. The summed E-state index contributed by atoms with van der Waals surface area (Å²) in [5, 5.41) is 6.46. The molecule has 7 heteroatoms. The Hall–Kier alpha value is -2.57. The van der Waals surface area contributed by atoms with Crippen molar-refractivity contribution in [3.63, 3.8) is 0 Å². The van der Waals surface area contributed by atoms with Crippen LogP contribution < -0.4 is 15.5 Å². The lowest BCUT2D eigenvalue weighted by atomic mass is 9.77. The molecule has 190 valence electrons. The Morgan fingerprint density at radius 3 is 2.14 bits per heavy atom. The van der Waals surface area contributed by atoms with Gasteiger partial charge < -0.3 is 20.4 Å². The Bertz CT molecular complexity index is 921. The van der Waals surface area contributed by atoms with Crippen LogP contribution in [0.4, 0.5) is 10.5 Å². The highest BCUT2D eigenvalue weighted by Crippen LogP contribution is 2.36. The number of carbonyl (C=O) groups is 3. The zero-order valence-electron chi connectivity index (χ0n) is 20.8. The summed E-state index contributed by atoms with van der Waals surface area (Å²) < 4.78 is 0. The highest BCUT2D eigenvalue weighted by molar-refractivity contribution is 5.99. The summed E-state index contributed by atoms with van der Waals surface area (Å²) in [6, 6.07) is 8.56. The summed E-state index contributed by atoms with van der Waals surface area (Å²) in [5.74, 6) is -0.349. The highest BCUT2D eigenvalue weighted by atomic mass is 16.2. The van der Waals surface area contributed by atoms with Gasteiger partial charge in [0.25, 0.3) is 0 Å². The monoisotopic (exact) mass is 480 g/mol. The fraction of sp³-hybridized carbons (Fsp3) is 0.679. The summed E-state index contributed by atoms with van der Waals surface area (Å²) in [6.45, 7) is 2.05. The molecule has 7 nitrogen and oxygen atoms in total. The van der Waals surface area contributed by atoms with Gasteiger partial charge >= 0.3 is 6.03 Å². The molecule has 0 aromatic heterocycles. The lowest BCUT2D eigenvalue weighted by molar-refractivity contribution is -0.135. The Balaban J connectivity index is 1.13. The van der Waals surface area contributed by atoms with Crippen LogP contribution in [0.1, 0.15) is 76.2 Å². The lowest BCUT2D eigenvalue weighted by Gasteiger charge is -2.36. The van der Waals surface area contributed by atoms with Crippen molar-refractivity contribution in [3.8, 4) is 0 Å². The van der Waals surface area contributed by atoms with Crippen molar-refractivity contribution < 1.29 is 14.4 Å². The van der Waals surface area contributed by atoms with E-state index in [2.05, 4.69) is 16.7 Å². The molecule has 2 N–H and O–H groups in total. The zero-order chi connectivity index (χ0) is 24.2. The fourth-order valence-electron chi connectivity index (χ4n) is 6.56. The van der Waals surface area contributed by atoms with Gasteiger partial charge in [-0.1, -0.05) is 50.3 Å². The van der Waals surface area contributed by atoms with Crippen LogP contribution in [0, 0.1) is 11.8 Å². The van der Waals surface area contributed by atoms with E-state index in [0.29, 0.717) is 25.7 Å². The minimum atomic E-state index is -0.253. The van der Waals surface area contributed by atoms with Gasteiger partial charge in [-0.3, -0.25) is 9.59 Å². The van der Waals surface area contributed by atoms with Crippen molar-refractivity contribution in [2.75, 3.05) is 24.5 Å². The maximum absolute atomic E-state index is 13.5. The largest absolute Gasteiger partial charge is 0.353 e. The van der Waals surface area contributed by atoms with E-state index in [9.17, 15) is 14.4 Å². The number of benzene rings is 1. The van der Waals surface area contributed by atoms with E-state index in [4.69, 9.17) is 0 Å². The molecule has 2 atom stereocenters. The molecule has 2 aliphatic heterocycles. The molecule has 5 rings (SSSR count). The number of amides is 4. The molecule has 4 amide bonds. The number of rotatable bonds is 4. The van der Waals surface area contributed by atoms with Crippen molar-refractivity contribution in [3.05, 3.63) is 29.8 Å². The number of para-hydroxylation sites is 1. The maximum atomic E-state index is 13.5. The molecule has 4 aliphatic rings. The Kier molecular flexibility index (Phi) is 7.59. The van der Waals surface area contributed by atoms with E-state index in [1.54, 1.807) is 0 Å². The van der Waals surface area contributed by atoms with Crippen molar-refractivity contribution in [2.45, 2.75) is 89.1 Å². The molecular formula is C28H40N4O3. The molecule has 1 aromatic rings.